The molecule has 0 saturated heterocycles. The van der Waals surface area contributed by atoms with Gasteiger partial charge in [0.1, 0.15) is 0 Å². The summed E-state index contributed by atoms with van der Waals surface area (Å²) in [7, 11) is 0. The van der Waals surface area contributed by atoms with Crippen LogP contribution in [0.5, 0.6) is 0 Å². The third kappa shape index (κ3) is 3.01. The molecule has 0 heterocycles. The molecule has 2 aliphatic rings. The van der Waals surface area contributed by atoms with E-state index in [-0.39, 0.29) is 17.2 Å². The van der Waals surface area contributed by atoms with Crippen molar-refractivity contribution in [3.05, 3.63) is 0 Å². The summed E-state index contributed by atoms with van der Waals surface area (Å²) >= 11 is 0. The Hall–Kier alpha value is -0.570. The first-order valence-electron chi connectivity index (χ1n) is 6.82. The van der Waals surface area contributed by atoms with Crippen LogP contribution in [0.2, 0.25) is 0 Å². The summed E-state index contributed by atoms with van der Waals surface area (Å²) in [5.74, 6) is 0.858. The Labute approximate surface area is 104 Å². The van der Waals surface area contributed by atoms with Gasteiger partial charge in [0.15, 0.2) is 0 Å². The third-order valence-corrected chi connectivity index (χ3v) is 4.49. The second-order valence-electron chi connectivity index (χ2n) is 6.89. The molecule has 1 amide bonds. The molecule has 0 aromatic rings. The molecule has 98 valence electrons. The Kier molecular flexibility index (Phi) is 3.23. The van der Waals surface area contributed by atoms with Crippen LogP contribution >= 0.6 is 0 Å². The van der Waals surface area contributed by atoms with Crippen molar-refractivity contribution in [2.24, 2.45) is 17.3 Å². The topological polar surface area (TPSA) is 49.3 Å². The van der Waals surface area contributed by atoms with Crippen molar-refractivity contribution in [3.8, 4) is 0 Å². The van der Waals surface area contributed by atoms with E-state index in [0.717, 1.165) is 25.7 Å². The predicted molar refractivity (Wildman–Crippen MR) is 67.5 cm³/mol. The molecule has 0 radical (unpaired) electrons. The average Bonchev–Trinajstić information content (AvgIpc) is 2.84. The van der Waals surface area contributed by atoms with Crippen LogP contribution in [0.25, 0.3) is 0 Å². The lowest BCUT2D eigenvalue weighted by atomic mass is 9.79. The molecule has 2 N–H and O–H groups in total. The van der Waals surface area contributed by atoms with Crippen molar-refractivity contribution in [2.75, 3.05) is 6.54 Å². The van der Waals surface area contributed by atoms with Crippen LogP contribution < -0.4 is 5.32 Å². The van der Waals surface area contributed by atoms with Gasteiger partial charge in [-0.2, -0.15) is 0 Å². The minimum absolute atomic E-state index is 0.127. The van der Waals surface area contributed by atoms with Gasteiger partial charge in [-0.15, -0.1) is 0 Å². The van der Waals surface area contributed by atoms with Crippen LogP contribution in [0.3, 0.4) is 0 Å². The molecular formula is C14H25NO2. The number of carbonyl (C=O) groups is 1. The van der Waals surface area contributed by atoms with Crippen LogP contribution in [0, 0.1) is 17.3 Å². The minimum atomic E-state index is -0.660. The largest absolute Gasteiger partial charge is 0.388 e. The highest BCUT2D eigenvalue weighted by Gasteiger charge is 2.50. The number of amides is 1. The first-order valence-corrected chi connectivity index (χ1v) is 6.82. The molecule has 2 rings (SSSR count). The van der Waals surface area contributed by atoms with Gasteiger partial charge in [-0.05, 0) is 30.6 Å². The maximum absolute atomic E-state index is 11.9. The summed E-state index contributed by atoms with van der Waals surface area (Å²) in [5, 5.41) is 13.4. The lowest BCUT2D eigenvalue weighted by Gasteiger charge is -2.35. The number of hydrogen-bond donors (Lipinski definition) is 2. The molecule has 0 bridgehead atoms. The second kappa shape index (κ2) is 4.27. The number of aliphatic hydroxyl groups is 1. The summed E-state index contributed by atoms with van der Waals surface area (Å²) in [6.07, 6.45) is 4.90. The fraction of sp³-hybridized carbons (Fsp3) is 0.929. The lowest BCUT2D eigenvalue weighted by Crippen LogP contribution is -2.46. The van der Waals surface area contributed by atoms with E-state index in [1.54, 1.807) is 0 Å². The fourth-order valence-electron chi connectivity index (χ4n) is 3.08. The van der Waals surface area contributed by atoms with Gasteiger partial charge in [0, 0.05) is 12.5 Å². The maximum Gasteiger partial charge on any atom is 0.223 e. The van der Waals surface area contributed by atoms with Gasteiger partial charge in [0.05, 0.1) is 5.60 Å². The molecule has 2 aliphatic carbocycles. The highest BCUT2D eigenvalue weighted by Crippen LogP contribution is 2.51. The van der Waals surface area contributed by atoms with Crippen LogP contribution in [0.1, 0.15) is 52.9 Å². The predicted octanol–water partition coefficient (Wildman–Crippen LogP) is 2.09. The minimum Gasteiger partial charge on any atom is -0.388 e. The van der Waals surface area contributed by atoms with E-state index in [2.05, 4.69) is 26.1 Å². The van der Waals surface area contributed by atoms with Crippen molar-refractivity contribution in [1.82, 2.24) is 5.32 Å². The van der Waals surface area contributed by atoms with E-state index >= 15 is 0 Å². The van der Waals surface area contributed by atoms with Crippen molar-refractivity contribution in [1.29, 1.82) is 0 Å². The normalized spacial score (nSPS) is 39.8. The highest BCUT2D eigenvalue weighted by atomic mass is 16.3. The molecule has 0 aromatic heterocycles. The molecule has 3 heteroatoms. The van der Waals surface area contributed by atoms with Crippen molar-refractivity contribution in [3.63, 3.8) is 0 Å². The Bertz CT molecular complexity index is 313. The fourth-order valence-corrected chi connectivity index (χ4v) is 3.08. The molecule has 0 aromatic carbocycles. The van der Waals surface area contributed by atoms with Crippen molar-refractivity contribution >= 4 is 5.91 Å². The van der Waals surface area contributed by atoms with Crippen LogP contribution in [0.4, 0.5) is 0 Å². The zero-order valence-electron chi connectivity index (χ0n) is 11.3. The number of carbonyl (C=O) groups excluding carboxylic acids is 1. The van der Waals surface area contributed by atoms with Crippen LogP contribution in [-0.2, 0) is 4.79 Å². The summed E-state index contributed by atoms with van der Waals surface area (Å²) in [5.41, 5.74) is -0.487. The Morgan fingerprint density at radius 1 is 1.41 bits per heavy atom. The van der Waals surface area contributed by atoms with Gasteiger partial charge in [0.25, 0.3) is 0 Å². The van der Waals surface area contributed by atoms with Crippen LogP contribution in [-0.4, -0.2) is 23.2 Å². The van der Waals surface area contributed by atoms with Gasteiger partial charge in [0.2, 0.25) is 5.91 Å². The van der Waals surface area contributed by atoms with E-state index in [4.69, 9.17) is 0 Å². The number of hydrogen-bond acceptors (Lipinski definition) is 2. The number of rotatable bonds is 3. The number of nitrogens with one attached hydrogen (secondary N) is 1. The van der Waals surface area contributed by atoms with Gasteiger partial charge < -0.3 is 10.4 Å². The van der Waals surface area contributed by atoms with Crippen LogP contribution in [0.15, 0.2) is 0 Å². The molecule has 2 fully saturated rings. The molecule has 0 aliphatic heterocycles. The quantitative estimate of drug-likeness (QED) is 0.792. The summed E-state index contributed by atoms with van der Waals surface area (Å²) < 4.78 is 0. The van der Waals surface area contributed by atoms with E-state index in [9.17, 15) is 9.90 Å². The maximum atomic E-state index is 11.9. The van der Waals surface area contributed by atoms with Crippen molar-refractivity contribution < 1.29 is 9.90 Å². The molecule has 2 saturated carbocycles. The average molecular weight is 239 g/mol. The van der Waals surface area contributed by atoms with E-state index in [0.29, 0.717) is 12.5 Å². The van der Waals surface area contributed by atoms with E-state index in [1.165, 1.54) is 6.42 Å². The standard InChI is InChI=1S/C14H25NO2/c1-10-5-4-6-14(17,7-10)9-15-12(16)11-8-13(11,2)3/h10-11,17H,4-9H2,1-3H3,(H,15,16). The first-order chi connectivity index (χ1) is 7.82. The highest BCUT2D eigenvalue weighted by molar-refractivity contribution is 5.82. The zero-order chi connectivity index (χ0) is 12.7. The van der Waals surface area contributed by atoms with Gasteiger partial charge in [-0.1, -0.05) is 33.6 Å². The molecule has 3 unspecified atom stereocenters. The Morgan fingerprint density at radius 2 is 2.06 bits per heavy atom. The van der Waals surface area contributed by atoms with E-state index in [1.807, 2.05) is 0 Å². The van der Waals surface area contributed by atoms with Crippen molar-refractivity contribution in [2.45, 2.75) is 58.5 Å². The summed E-state index contributed by atoms with van der Waals surface area (Å²) in [4.78, 5) is 11.9. The zero-order valence-corrected chi connectivity index (χ0v) is 11.3. The smallest absolute Gasteiger partial charge is 0.223 e. The monoisotopic (exact) mass is 239 g/mol. The molecule has 17 heavy (non-hydrogen) atoms. The second-order valence-corrected chi connectivity index (χ2v) is 6.89. The first kappa shape index (κ1) is 12.9. The van der Waals surface area contributed by atoms with Gasteiger partial charge in [-0.25, -0.2) is 0 Å². The summed E-state index contributed by atoms with van der Waals surface area (Å²) in [6.45, 7) is 6.85. The molecule has 3 nitrogen and oxygen atoms in total. The summed E-state index contributed by atoms with van der Waals surface area (Å²) in [6, 6.07) is 0. The lowest BCUT2D eigenvalue weighted by molar-refractivity contribution is -0.124. The SMILES string of the molecule is CC1CCCC(O)(CNC(=O)C2CC2(C)C)C1. The molecular weight excluding hydrogens is 214 g/mol. The van der Waals surface area contributed by atoms with Gasteiger partial charge in [-0.3, -0.25) is 4.79 Å². The molecule has 0 spiro atoms. The van der Waals surface area contributed by atoms with Gasteiger partial charge >= 0.3 is 0 Å². The Morgan fingerprint density at radius 3 is 2.59 bits per heavy atom. The molecule has 3 atom stereocenters. The third-order valence-electron chi connectivity index (χ3n) is 4.49. The van der Waals surface area contributed by atoms with E-state index < -0.39 is 5.60 Å². The Balaban J connectivity index is 1.79.